The highest BCUT2D eigenvalue weighted by atomic mass is 16.6. The lowest BCUT2D eigenvalue weighted by atomic mass is 9.87. The molecule has 3 unspecified atom stereocenters. The van der Waals surface area contributed by atoms with Gasteiger partial charge in [-0.1, -0.05) is 12.8 Å². The fourth-order valence-electron chi connectivity index (χ4n) is 3.34. The summed E-state index contributed by atoms with van der Waals surface area (Å²) in [7, 11) is 0. The third kappa shape index (κ3) is 2.65. The van der Waals surface area contributed by atoms with Gasteiger partial charge in [0.15, 0.2) is 0 Å². The van der Waals surface area contributed by atoms with Crippen molar-refractivity contribution in [2.75, 3.05) is 19.8 Å². The molecule has 1 aliphatic carbocycles. The van der Waals surface area contributed by atoms with Crippen LogP contribution in [0.5, 0.6) is 0 Å². The van der Waals surface area contributed by atoms with Gasteiger partial charge in [-0.05, 0) is 25.2 Å². The summed E-state index contributed by atoms with van der Waals surface area (Å²) in [5, 5.41) is 3.61. The molecule has 1 saturated carbocycles. The van der Waals surface area contributed by atoms with Gasteiger partial charge in [0, 0.05) is 18.6 Å². The molecule has 3 fully saturated rings. The Balaban J connectivity index is 1.54. The summed E-state index contributed by atoms with van der Waals surface area (Å²) >= 11 is 0. The molecular weight excluding hydrogens is 216 g/mol. The second-order valence-corrected chi connectivity index (χ2v) is 5.79. The monoisotopic (exact) mass is 240 g/mol. The maximum atomic E-state index is 6.14. The molecular formula is C13H24N2O2. The SMILES string of the molecule is NC1CNC(C2CCCC2)CC1OC1COC1. The molecule has 0 amide bonds. The van der Waals surface area contributed by atoms with Crippen molar-refractivity contribution in [2.45, 2.75) is 56.4 Å². The topological polar surface area (TPSA) is 56.5 Å². The zero-order valence-corrected chi connectivity index (χ0v) is 10.4. The van der Waals surface area contributed by atoms with Crippen molar-refractivity contribution in [3.8, 4) is 0 Å². The van der Waals surface area contributed by atoms with Gasteiger partial charge in [-0.25, -0.2) is 0 Å². The number of nitrogens with two attached hydrogens (primary N) is 1. The maximum Gasteiger partial charge on any atom is 0.105 e. The van der Waals surface area contributed by atoms with Crippen molar-refractivity contribution in [3.63, 3.8) is 0 Å². The molecule has 98 valence electrons. The molecule has 0 spiro atoms. The summed E-state index contributed by atoms with van der Waals surface area (Å²) in [6, 6.07) is 0.775. The van der Waals surface area contributed by atoms with Gasteiger partial charge in [0.25, 0.3) is 0 Å². The van der Waals surface area contributed by atoms with Gasteiger partial charge >= 0.3 is 0 Å². The molecule has 0 aromatic rings. The third-order valence-electron chi connectivity index (χ3n) is 4.52. The molecule has 4 nitrogen and oxygen atoms in total. The maximum absolute atomic E-state index is 6.14. The standard InChI is InChI=1S/C13H24N2O2/c14-11-6-15-12(9-3-1-2-4-9)5-13(11)17-10-7-16-8-10/h9-13,15H,1-8,14H2. The molecule has 4 heteroatoms. The van der Waals surface area contributed by atoms with Crippen LogP contribution in [0.2, 0.25) is 0 Å². The molecule has 2 heterocycles. The van der Waals surface area contributed by atoms with E-state index in [1.54, 1.807) is 0 Å². The minimum atomic E-state index is 0.147. The smallest absolute Gasteiger partial charge is 0.105 e. The van der Waals surface area contributed by atoms with Gasteiger partial charge in [-0.15, -0.1) is 0 Å². The summed E-state index contributed by atoms with van der Waals surface area (Å²) in [4.78, 5) is 0. The molecule has 0 radical (unpaired) electrons. The zero-order chi connectivity index (χ0) is 11.7. The Kier molecular flexibility index (Phi) is 3.66. The minimum absolute atomic E-state index is 0.147. The van der Waals surface area contributed by atoms with Crippen molar-refractivity contribution >= 4 is 0 Å². The first-order chi connectivity index (χ1) is 8.33. The first kappa shape index (κ1) is 11.9. The van der Waals surface area contributed by atoms with E-state index >= 15 is 0 Å². The van der Waals surface area contributed by atoms with Crippen LogP contribution in [0.15, 0.2) is 0 Å². The Morgan fingerprint density at radius 3 is 2.59 bits per heavy atom. The summed E-state index contributed by atoms with van der Waals surface area (Å²) in [6.07, 6.45) is 7.18. The van der Waals surface area contributed by atoms with E-state index in [2.05, 4.69) is 5.32 Å². The van der Waals surface area contributed by atoms with Gasteiger partial charge < -0.3 is 20.5 Å². The lowest BCUT2D eigenvalue weighted by Gasteiger charge is -2.40. The van der Waals surface area contributed by atoms with Crippen molar-refractivity contribution in [1.29, 1.82) is 0 Å². The van der Waals surface area contributed by atoms with Crippen LogP contribution in [0, 0.1) is 5.92 Å². The Morgan fingerprint density at radius 2 is 1.94 bits per heavy atom. The second-order valence-electron chi connectivity index (χ2n) is 5.79. The molecule has 17 heavy (non-hydrogen) atoms. The van der Waals surface area contributed by atoms with Crippen LogP contribution in [-0.4, -0.2) is 44.1 Å². The Bertz CT molecular complexity index is 252. The number of hydrogen-bond acceptors (Lipinski definition) is 4. The normalized spacial score (nSPS) is 40.4. The Hall–Kier alpha value is -0.160. The van der Waals surface area contributed by atoms with E-state index in [9.17, 15) is 0 Å². The van der Waals surface area contributed by atoms with E-state index in [0.717, 1.165) is 32.1 Å². The highest BCUT2D eigenvalue weighted by molar-refractivity contribution is 4.93. The number of hydrogen-bond donors (Lipinski definition) is 2. The predicted molar refractivity (Wildman–Crippen MR) is 65.8 cm³/mol. The minimum Gasteiger partial charge on any atom is -0.376 e. The molecule has 0 aromatic heterocycles. The predicted octanol–water partition coefficient (Wildman–Crippen LogP) is 0.650. The zero-order valence-electron chi connectivity index (χ0n) is 10.4. The van der Waals surface area contributed by atoms with E-state index in [4.69, 9.17) is 15.2 Å². The van der Waals surface area contributed by atoms with Crippen LogP contribution in [0.1, 0.15) is 32.1 Å². The number of rotatable bonds is 3. The van der Waals surface area contributed by atoms with E-state index in [1.165, 1.54) is 25.7 Å². The van der Waals surface area contributed by atoms with Crippen molar-refractivity contribution in [1.82, 2.24) is 5.32 Å². The summed E-state index contributed by atoms with van der Waals surface area (Å²) in [6.45, 7) is 2.41. The van der Waals surface area contributed by atoms with Crippen molar-refractivity contribution in [2.24, 2.45) is 11.7 Å². The van der Waals surface area contributed by atoms with Crippen LogP contribution in [0.3, 0.4) is 0 Å². The highest BCUT2D eigenvalue weighted by Crippen LogP contribution is 2.32. The van der Waals surface area contributed by atoms with Gasteiger partial charge in [0.2, 0.25) is 0 Å². The molecule has 2 saturated heterocycles. The summed E-state index contributed by atoms with van der Waals surface area (Å²) in [5.41, 5.74) is 6.14. The largest absolute Gasteiger partial charge is 0.376 e. The van der Waals surface area contributed by atoms with E-state index in [1.807, 2.05) is 0 Å². The summed E-state index contributed by atoms with van der Waals surface area (Å²) < 4.78 is 11.2. The third-order valence-corrected chi connectivity index (χ3v) is 4.52. The number of ether oxygens (including phenoxy) is 2. The van der Waals surface area contributed by atoms with Gasteiger partial charge in [-0.3, -0.25) is 0 Å². The van der Waals surface area contributed by atoms with Crippen molar-refractivity contribution < 1.29 is 9.47 Å². The summed E-state index contributed by atoms with van der Waals surface area (Å²) in [5.74, 6) is 0.853. The van der Waals surface area contributed by atoms with Crippen LogP contribution < -0.4 is 11.1 Å². The molecule has 3 rings (SSSR count). The van der Waals surface area contributed by atoms with Crippen LogP contribution in [0.4, 0.5) is 0 Å². The van der Waals surface area contributed by atoms with E-state index in [0.29, 0.717) is 12.1 Å². The molecule has 3 N–H and O–H groups in total. The highest BCUT2D eigenvalue weighted by Gasteiger charge is 2.36. The fraction of sp³-hybridized carbons (Fsp3) is 1.00. The Morgan fingerprint density at radius 1 is 1.18 bits per heavy atom. The van der Waals surface area contributed by atoms with Crippen LogP contribution in [-0.2, 0) is 9.47 Å². The lowest BCUT2D eigenvalue weighted by molar-refractivity contribution is -0.165. The first-order valence-electron chi connectivity index (χ1n) is 7.05. The van der Waals surface area contributed by atoms with Gasteiger partial charge in [0.1, 0.15) is 6.10 Å². The second kappa shape index (κ2) is 5.22. The van der Waals surface area contributed by atoms with Gasteiger partial charge in [-0.2, -0.15) is 0 Å². The quantitative estimate of drug-likeness (QED) is 0.760. The number of nitrogens with one attached hydrogen (secondary N) is 1. The van der Waals surface area contributed by atoms with Crippen LogP contribution in [0.25, 0.3) is 0 Å². The van der Waals surface area contributed by atoms with Crippen LogP contribution >= 0.6 is 0 Å². The fourth-order valence-corrected chi connectivity index (χ4v) is 3.34. The molecule has 2 aliphatic heterocycles. The van der Waals surface area contributed by atoms with Crippen molar-refractivity contribution in [3.05, 3.63) is 0 Å². The lowest BCUT2D eigenvalue weighted by Crippen LogP contribution is -2.58. The molecule has 0 bridgehead atoms. The average molecular weight is 240 g/mol. The number of piperidine rings is 1. The van der Waals surface area contributed by atoms with Gasteiger partial charge in [0.05, 0.1) is 19.3 Å². The average Bonchev–Trinajstić information content (AvgIpc) is 2.79. The first-order valence-corrected chi connectivity index (χ1v) is 7.05. The molecule has 3 atom stereocenters. The molecule has 0 aromatic carbocycles. The van der Waals surface area contributed by atoms with E-state index < -0.39 is 0 Å². The van der Waals surface area contributed by atoms with E-state index in [-0.39, 0.29) is 12.1 Å². The molecule has 3 aliphatic rings. The Labute approximate surface area is 103 Å².